The summed E-state index contributed by atoms with van der Waals surface area (Å²) in [5.41, 5.74) is 6.31. The van der Waals surface area contributed by atoms with Crippen molar-refractivity contribution in [2.45, 2.75) is 72.3 Å². The number of benzene rings is 1. The highest BCUT2D eigenvalue weighted by Gasteiger charge is 2.26. The fourth-order valence-electron chi connectivity index (χ4n) is 5.76. The van der Waals surface area contributed by atoms with E-state index in [1.165, 1.54) is 0 Å². The lowest BCUT2D eigenvalue weighted by atomic mass is 9.96. The van der Waals surface area contributed by atoms with E-state index in [9.17, 15) is 16.8 Å². The second-order valence-corrected chi connectivity index (χ2v) is 15.6. The molecule has 0 saturated carbocycles. The van der Waals surface area contributed by atoms with Crippen LogP contribution in [0.4, 0.5) is 5.69 Å². The van der Waals surface area contributed by atoms with Gasteiger partial charge in [-0.1, -0.05) is 67.1 Å². The Morgan fingerprint density at radius 1 is 0.978 bits per heavy atom. The van der Waals surface area contributed by atoms with Gasteiger partial charge in [0.2, 0.25) is 0 Å². The Morgan fingerprint density at radius 3 is 2.28 bits per heavy atom. The van der Waals surface area contributed by atoms with E-state index in [0.29, 0.717) is 38.8 Å². The van der Waals surface area contributed by atoms with Gasteiger partial charge in [-0.25, -0.2) is 4.58 Å². The van der Waals surface area contributed by atoms with Crippen molar-refractivity contribution < 1.29 is 30.5 Å². The van der Waals surface area contributed by atoms with Gasteiger partial charge in [0.15, 0.2) is 11.8 Å². The van der Waals surface area contributed by atoms with Gasteiger partial charge in [0, 0.05) is 48.3 Å². The van der Waals surface area contributed by atoms with E-state index in [1.807, 2.05) is 50.3 Å². The Labute approximate surface area is 280 Å². The summed E-state index contributed by atoms with van der Waals surface area (Å²) in [5, 5.41) is 0.734. The molecule has 2 atom stereocenters. The van der Waals surface area contributed by atoms with Crippen molar-refractivity contribution in [3.63, 3.8) is 0 Å². The predicted octanol–water partition coefficient (Wildman–Crippen LogP) is 7.41. The van der Waals surface area contributed by atoms with Crippen LogP contribution in [0.1, 0.15) is 64.9 Å². The van der Waals surface area contributed by atoms with Gasteiger partial charge in [0.25, 0.3) is 20.2 Å². The van der Waals surface area contributed by atoms with Crippen LogP contribution in [-0.4, -0.2) is 66.9 Å². The van der Waals surface area contributed by atoms with Gasteiger partial charge >= 0.3 is 0 Å². The van der Waals surface area contributed by atoms with Gasteiger partial charge < -0.3 is 4.90 Å². The zero-order valence-corrected chi connectivity index (χ0v) is 29.7. The third-order valence-corrected chi connectivity index (χ3v) is 10.5. The SMILES string of the molecule is CC(=CC=C1CCC(C=CC(C)=[N+](CCCCS(=O)(=O)O)C2C=CC=CC2C)=C1Cl)N(CCCCS(=O)(=O)O)c1ccccc1C. The number of rotatable bonds is 16. The molecule has 11 heteroatoms. The molecule has 0 amide bonds. The Hall–Kier alpha value is -2.76. The van der Waals surface area contributed by atoms with Crippen LogP contribution in [-0.2, 0) is 20.2 Å². The normalized spacial score (nSPS) is 20.7. The summed E-state index contributed by atoms with van der Waals surface area (Å²) in [6, 6.07) is 8.20. The average molecular weight is 692 g/mol. The van der Waals surface area contributed by atoms with Crippen LogP contribution in [0.2, 0.25) is 0 Å². The van der Waals surface area contributed by atoms with Crippen molar-refractivity contribution in [3.05, 3.63) is 100 Å². The van der Waals surface area contributed by atoms with E-state index in [2.05, 4.69) is 59.8 Å². The van der Waals surface area contributed by atoms with Gasteiger partial charge in [-0.2, -0.15) is 16.8 Å². The van der Waals surface area contributed by atoms with Crippen LogP contribution in [0.3, 0.4) is 0 Å². The minimum Gasteiger partial charge on any atom is -0.345 e. The second-order valence-electron chi connectivity index (χ2n) is 12.1. The summed E-state index contributed by atoms with van der Waals surface area (Å²) >= 11 is 6.89. The van der Waals surface area contributed by atoms with Crippen molar-refractivity contribution in [3.8, 4) is 0 Å². The lowest BCUT2D eigenvalue weighted by Crippen LogP contribution is -2.35. The van der Waals surface area contributed by atoms with Crippen molar-refractivity contribution in [1.82, 2.24) is 0 Å². The smallest absolute Gasteiger partial charge is 0.264 e. The first-order valence-electron chi connectivity index (χ1n) is 15.8. The molecular weight excluding hydrogens is 644 g/mol. The summed E-state index contributed by atoms with van der Waals surface area (Å²) in [6.45, 7) is 9.56. The summed E-state index contributed by atoms with van der Waals surface area (Å²) in [7, 11) is -7.97. The third kappa shape index (κ3) is 12.1. The third-order valence-electron chi connectivity index (χ3n) is 8.38. The fraction of sp³-hybridized carbons (Fsp3) is 0.457. The molecule has 3 rings (SSSR count). The Kier molecular flexibility index (Phi) is 14.3. The first-order valence-corrected chi connectivity index (χ1v) is 19.4. The van der Waals surface area contributed by atoms with Crippen LogP contribution in [0.15, 0.2) is 94.7 Å². The molecule has 252 valence electrons. The van der Waals surface area contributed by atoms with Crippen LogP contribution in [0, 0.1) is 12.8 Å². The molecule has 0 fully saturated rings. The molecule has 0 aromatic heterocycles. The molecule has 46 heavy (non-hydrogen) atoms. The summed E-state index contributed by atoms with van der Waals surface area (Å²) in [4.78, 5) is 2.17. The van der Waals surface area contributed by atoms with E-state index >= 15 is 0 Å². The maximum absolute atomic E-state index is 11.2. The van der Waals surface area contributed by atoms with Crippen molar-refractivity contribution in [1.29, 1.82) is 0 Å². The second kappa shape index (κ2) is 17.4. The fourth-order valence-corrected chi connectivity index (χ4v) is 7.22. The molecule has 0 heterocycles. The van der Waals surface area contributed by atoms with Crippen molar-refractivity contribution in [2.24, 2.45) is 5.92 Å². The lowest BCUT2D eigenvalue weighted by molar-refractivity contribution is -0.560. The zero-order valence-electron chi connectivity index (χ0n) is 27.3. The minimum absolute atomic E-state index is 0.140. The standard InChI is InChI=1S/C35H47ClN2O6S2/c1-27-13-5-7-15-33(27)37(23-9-11-25-45(39,40)41)29(3)17-19-31-21-22-32(35(31)36)20-18-30(4)38(24-10-12-26-46(42,43)44)34-16-8-6-14-28(34)2/h5-8,13-20,27,33H,9-12,21-26H2,1-4H3,(H-,39,40,41,42,43,44)/p+1. The zero-order chi connectivity index (χ0) is 33.9. The number of anilines is 1. The molecule has 8 nitrogen and oxygen atoms in total. The van der Waals surface area contributed by atoms with Crippen molar-refractivity contribution in [2.75, 3.05) is 29.5 Å². The number of hydrogen-bond acceptors (Lipinski definition) is 5. The number of hydrogen-bond donors (Lipinski definition) is 2. The lowest BCUT2D eigenvalue weighted by Gasteiger charge is -2.27. The van der Waals surface area contributed by atoms with Gasteiger partial charge in [-0.3, -0.25) is 9.11 Å². The first-order chi connectivity index (χ1) is 21.7. The molecule has 0 spiro atoms. The highest BCUT2D eigenvalue weighted by molar-refractivity contribution is 7.86. The van der Waals surface area contributed by atoms with E-state index in [4.69, 9.17) is 20.7 Å². The molecule has 2 unspecified atom stereocenters. The highest BCUT2D eigenvalue weighted by atomic mass is 35.5. The molecule has 0 aliphatic heterocycles. The predicted molar refractivity (Wildman–Crippen MR) is 190 cm³/mol. The van der Waals surface area contributed by atoms with Gasteiger partial charge in [-0.15, -0.1) is 0 Å². The number of unbranched alkanes of at least 4 members (excludes halogenated alkanes) is 2. The molecule has 2 aliphatic rings. The van der Waals surface area contributed by atoms with E-state index in [-0.39, 0.29) is 23.5 Å². The maximum Gasteiger partial charge on any atom is 0.264 e. The van der Waals surface area contributed by atoms with E-state index < -0.39 is 20.2 Å². The van der Waals surface area contributed by atoms with Crippen LogP contribution >= 0.6 is 11.6 Å². The molecule has 2 N–H and O–H groups in total. The van der Waals surface area contributed by atoms with Gasteiger partial charge in [-0.05, 0) is 80.9 Å². The summed E-state index contributed by atoms with van der Waals surface area (Å²) < 4.78 is 65.3. The Morgan fingerprint density at radius 2 is 1.63 bits per heavy atom. The summed E-state index contributed by atoms with van der Waals surface area (Å²) in [6.07, 6.45) is 20.3. The number of para-hydroxylation sites is 1. The molecule has 2 aliphatic carbocycles. The molecule has 0 radical (unpaired) electrons. The van der Waals surface area contributed by atoms with E-state index in [0.717, 1.165) is 51.7 Å². The highest BCUT2D eigenvalue weighted by Crippen LogP contribution is 2.35. The number of aryl methyl sites for hydroxylation is 1. The molecule has 1 aromatic rings. The monoisotopic (exact) mass is 691 g/mol. The molecule has 0 saturated heterocycles. The van der Waals surface area contributed by atoms with Crippen LogP contribution in [0.25, 0.3) is 0 Å². The van der Waals surface area contributed by atoms with Gasteiger partial charge in [0.05, 0.1) is 11.5 Å². The topological polar surface area (TPSA) is 115 Å². The number of allylic oxidation sites excluding steroid dienone is 10. The first kappa shape index (κ1) is 37.7. The number of nitrogens with zero attached hydrogens (tertiary/aromatic N) is 2. The maximum atomic E-state index is 11.2. The molecular formula is C35H48ClN2O6S2+. The molecule has 1 aromatic carbocycles. The molecule has 0 bridgehead atoms. The van der Waals surface area contributed by atoms with Gasteiger partial charge in [0.1, 0.15) is 6.54 Å². The van der Waals surface area contributed by atoms with Crippen molar-refractivity contribution >= 4 is 43.2 Å². The Balaban J connectivity index is 1.81. The van der Waals surface area contributed by atoms with Crippen LogP contribution < -0.4 is 4.90 Å². The van der Waals surface area contributed by atoms with Crippen LogP contribution in [0.5, 0.6) is 0 Å². The quantitative estimate of drug-likeness (QED) is 0.0803. The van der Waals surface area contributed by atoms with E-state index in [1.54, 1.807) is 0 Å². The number of halogens is 1. The minimum atomic E-state index is -3.99. The largest absolute Gasteiger partial charge is 0.345 e. The Bertz CT molecular complexity index is 1670. The average Bonchev–Trinajstić information content (AvgIpc) is 3.33. The summed E-state index contributed by atoms with van der Waals surface area (Å²) in [5.74, 6) is -0.210.